The van der Waals surface area contributed by atoms with E-state index in [4.69, 9.17) is 0 Å². The molecule has 25 heavy (non-hydrogen) atoms. The molecule has 0 radical (unpaired) electrons. The average molecular weight is 350 g/mol. The molecule has 1 aliphatic carbocycles. The lowest BCUT2D eigenvalue weighted by atomic mass is 9.86. The van der Waals surface area contributed by atoms with Gasteiger partial charge in [-0.25, -0.2) is 0 Å². The molecule has 0 aromatic rings. The average Bonchev–Trinajstić information content (AvgIpc) is 2.63. The zero-order chi connectivity index (χ0) is 17.6. The number of nitrogens with zero attached hydrogens (tertiary/aromatic N) is 3. The van der Waals surface area contributed by atoms with Crippen LogP contribution in [0.3, 0.4) is 0 Å². The molecule has 1 saturated carbocycles. The first kappa shape index (κ1) is 18.7. The van der Waals surface area contributed by atoms with Gasteiger partial charge in [-0.3, -0.25) is 14.5 Å². The van der Waals surface area contributed by atoms with Crippen LogP contribution in [0.1, 0.15) is 64.7 Å². The number of amides is 2. The first-order valence-electron chi connectivity index (χ1n) is 10.4. The predicted octanol–water partition coefficient (Wildman–Crippen LogP) is 2.50. The van der Waals surface area contributed by atoms with Gasteiger partial charge in [-0.1, -0.05) is 19.3 Å². The van der Waals surface area contributed by atoms with Crippen LogP contribution in [-0.2, 0) is 9.59 Å². The highest BCUT2D eigenvalue weighted by Gasteiger charge is 2.28. The number of hydrogen-bond acceptors (Lipinski definition) is 3. The highest BCUT2D eigenvalue weighted by Crippen LogP contribution is 2.27. The number of hydrogen-bond donors (Lipinski definition) is 0. The zero-order valence-electron chi connectivity index (χ0n) is 15.9. The smallest absolute Gasteiger partial charge is 0.236 e. The van der Waals surface area contributed by atoms with Crippen LogP contribution in [-0.4, -0.2) is 71.8 Å². The number of piperazine rings is 1. The Hall–Kier alpha value is -1.10. The van der Waals surface area contributed by atoms with Gasteiger partial charge in [-0.05, 0) is 44.9 Å². The number of rotatable bonds is 4. The Kier molecular flexibility index (Phi) is 6.74. The fourth-order valence-electron chi connectivity index (χ4n) is 4.67. The summed E-state index contributed by atoms with van der Waals surface area (Å²) in [5.74, 6) is 1.22. The first-order chi connectivity index (χ1) is 12.1. The zero-order valence-corrected chi connectivity index (χ0v) is 15.9. The molecule has 1 atom stereocenters. The summed E-state index contributed by atoms with van der Waals surface area (Å²) in [5, 5.41) is 0. The maximum atomic E-state index is 12.6. The van der Waals surface area contributed by atoms with Crippen molar-refractivity contribution in [3.63, 3.8) is 0 Å². The van der Waals surface area contributed by atoms with Crippen LogP contribution in [0.2, 0.25) is 0 Å². The second-order valence-electron chi connectivity index (χ2n) is 8.30. The van der Waals surface area contributed by atoms with Crippen molar-refractivity contribution in [3.8, 4) is 0 Å². The van der Waals surface area contributed by atoms with Gasteiger partial charge in [-0.2, -0.15) is 0 Å². The first-order valence-corrected chi connectivity index (χ1v) is 10.4. The summed E-state index contributed by atoms with van der Waals surface area (Å²) in [4.78, 5) is 31.4. The van der Waals surface area contributed by atoms with Crippen LogP contribution < -0.4 is 0 Å². The molecule has 0 spiro atoms. The molecule has 0 aromatic heterocycles. The molecule has 2 saturated heterocycles. The van der Waals surface area contributed by atoms with E-state index in [0.29, 0.717) is 24.4 Å². The third-order valence-corrected chi connectivity index (χ3v) is 6.40. The van der Waals surface area contributed by atoms with Crippen molar-refractivity contribution in [3.05, 3.63) is 0 Å². The van der Waals surface area contributed by atoms with Crippen LogP contribution in [0.5, 0.6) is 0 Å². The van der Waals surface area contributed by atoms with Crippen LogP contribution in [0, 0.1) is 5.92 Å². The number of carbonyl (C=O) groups is 2. The maximum absolute atomic E-state index is 12.6. The fraction of sp³-hybridized carbons (Fsp3) is 0.900. The van der Waals surface area contributed by atoms with Crippen LogP contribution in [0.25, 0.3) is 0 Å². The fourth-order valence-corrected chi connectivity index (χ4v) is 4.67. The summed E-state index contributed by atoms with van der Waals surface area (Å²) in [7, 11) is 0. The molecule has 5 heteroatoms. The van der Waals surface area contributed by atoms with Crippen LogP contribution in [0.4, 0.5) is 0 Å². The molecule has 0 bridgehead atoms. The van der Waals surface area contributed by atoms with Gasteiger partial charge in [0.1, 0.15) is 0 Å². The van der Waals surface area contributed by atoms with Gasteiger partial charge in [0.25, 0.3) is 0 Å². The molecule has 3 rings (SSSR count). The topological polar surface area (TPSA) is 43.9 Å². The monoisotopic (exact) mass is 349 g/mol. The van der Waals surface area contributed by atoms with E-state index in [1.54, 1.807) is 0 Å². The molecule has 1 unspecified atom stereocenters. The molecule has 3 fully saturated rings. The van der Waals surface area contributed by atoms with Crippen molar-refractivity contribution in [2.75, 3.05) is 39.3 Å². The van der Waals surface area contributed by atoms with Crippen LogP contribution >= 0.6 is 0 Å². The van der Waals surface area contributed by atoms with Gasteiger partial charge >= 0.3 is 0 Å². The van der Waals surface area contributed by atoms with E-state index in [0.717, 1.165) is 52.0 Å². The molecular formula is C20H35N3O2. The van der Waals surface area contributed by atoms with Crippen molar-refractivity contribution >= 4 is 11.8 Å². The molecular weight excluding hydrogens is 314 g/mol. The summed E-state index contributed by atoms with van der Waals surface area (Å²) in [5.41, 5.74) is 0. The minimum absolute atomic E-state index is 0.272. The summed E-state index contributed by atoms with van der Waals surface area (Å²) in [6, 6.07) is 0.389. The van der Waals surface area contributed by atoms with E-state index in [1.807, 2.05) is 4.90 Å². The minimum atomic E-state index is 0.272. The lowest BCUT2D eigenvalue weighted by Gasteiger charge is -2.38. The van der Waals surface area contributed by atoms with Crippen molar-refractivity contribution in [1.29, 1.82) is 0 Å². The van der Waals surface area contributed by atoms with Crippen molar-refractivity contribution < 1.29 is 9.59 Å². The van der Waals surface area contributed by atoms with Crippen LogP contribution in [0.15, 0.2) is 0 Å². The molecule has 142 valence electrons. The van der Waals surface area contributed by atoms with Crippen molar-refractivity contribution in [2.45, 2.75) is 70.8 Å². The standard InChI is InChI=1S/C20H35N3O2/c1-17-7-5-6-10-23(17)20(25)16-21-11-13-22(14-12-21)19(24)15-18-8-3-2-4-9-18/h17-18H,2-16H2,1H3. The summed E-state index contributed by atoms with van der Waals surface area (Å²) in [6.45, 7) is 6.85. The predicted molar refractivity (Wildman–Crippen MR) is 99.2 cm³/mol. The third-order valence-electron chi connectivity index (χ3n) is 6.40. The largest absolute Gasteiger partial charge is 0.340 e. The van der Waals surface area contributed by atoms with Gasteiger partial charge in [0.05, 0.1) is 6.54 Å². The Morgan fingerprint density at radius 3 is 2.16 bits per heavy atom. The molecule has 0 N–H and O–H groups in total. The van der Waals surface area contributed by atoms with Crippen molar-refractivity contribution in [2.24, 2.45) is 5.92 Å². The lowest BCUT2D eigenvalue weighted by molar-refractivity contribution is -0.137. The maximum Gasteiger partial charge on any atom is 0.236 e. The lowest BCUT2D eigenvalue weighted by Crippen LogP contribution is -2.53. The molecule has 0 aromatic carbocycles. The Morgan fingerprint density at radius 2 is 1.48 bits per heavy atom. The Bertz CT molecular complexity index is 454. The SMILES string of the molecule is CC1CCCCN1C(=O)CN1CCN(C(=O)CC2CCCCC2)CC1. The quantitative estimate of drug-likeness (QED) is 0.783. The molecule has 2 heterocycles. The second kappa shape index (κ2) is 9.02. The van der Waals surface area contributed by atoms with E-state index in [2.05, 4.69) is 16.7 Å². The Morgan fingerprint density at radius 1 is 0.800 bits per heavy atom. The van der Waals surface area contributed by atoms with E-state index in [1.165, 1.54) is 38.5 Å². The summed E-state index contributed by atoms with van der Waals surface area (Å²) < 4.78 is 0. The van der Waals surface area contributed by atoms with Gasteiger partial charge < -0.3 is 9.80 Å². The highest BCUT2D eigenvalue weighted by molar-refractivity contribution is 5.79. The number of piperidine rings is 1. The molecule has 2 amide bonds. The summed E-state index contributed by atoms with van der Waals surface area (Å²) in [6.07, 6.45) is 10.6. The van der Waals surface area contributed by atoms with E-state index in [9.17, 15) is 9.59 Å². The Labute approximate surface area is 152 Å². The number of carbonyl (C=O) groups excluding carboxylic acids is 2. The van der Waals surface area contributed by atoms with Gasteiger partial charge in [0.2, 0.25) is 11.8 Å². The van der Waals surface area contributed by atoms with Gasteiger partial charge in [-0.15, -0.1) is 0 Å². The van der Waals surface area contributed by atoms with E-state index < -0.39 is 0 Å². The molecule has 5 nitrogen and oxygen atoms in total. The van der Waals surface area contributed by atoms with E-state index >= 15 is 0 Å². The van der Waals surface area contributed by atoms with Crippen molar-refractivity contribution in [1.82, 2.24) is 14.7 Å². The summed E-state index contributed by atoms with van der Waals surface area (Å²) >= 11 is 0. The van der Waals surface area contributed by atoms with Gasteiger partial charge in [0.15, 0.2) is 0 Å². The minimum Gasteiger partial charge on any atom is -0.340 e. The number of likely N-dealkylation sites (tertiary alicyclic amines) is 1. The van der Waals surface area contributed by atoms with Gasteiger partial charge in [0, 0.05) is 45.2 Å². The highest BCUT2D eigenvalue weighted by atomic mass is 16.2. The third kappa shape index (κ3) is 5.19. The normalized spacial score (nSPS) is 26.7. The van der Waals surface area contributed by atoms with E-state index in [-0.39, 0.29) is 5.91 Å². The second-order valence-corrected chi connectivity index (χ2v) is 8.30. The Balaban J connectivity index is 1.39. The molecule has 3 aliphatic rings. The molecule has 2 aliphatic heterocycles.